The average Bonchev–Trinajstić information content (AvgIpc) is 2.84. The van der Waals surface area contributed by atoms with E-state index in [1.54, 1.807) is 23.9 Å². The van der Waals surface area contributed by atoms with Gasteiger partial charge in [0, 0.05) is 12.4 Å². The molecule has 5 heteroatoms. The molecule has 106 valence electrons. The Morgan fingerprint density at radius 2 is 1.95 bits per heavy atom. The fraction of sp³-hybridized carbons (Fsp3) is 0.125. The molecule has 2 aromatic carbocycles. The predicted octanol–water partition coefficient (Wildman–Crippen LogP) is 2.85. The van der Waals surface area contributed by atoms with Crippen LogP contribution in [0.5, 0.6) is 5.75 Å². The molecule has 5 nitrogen and oxygen atoms in total. The Morgan fingerprint density at radius 1 is 1.19 bits per heavy atom. The van der Waals surface area contributed by atoms with E-state index in [1.165, 1.54) is 0 Å². The number of carboxylic acid groups (broad SMARTS) is 1. The summed E-state index contributed by atoms with van der Waals surface area (Å²) in [5.41, 5.74) is 1.78. The van der Waals surface area contributed by atoms with Crippen LogP contribution in [-0.4, -0.2) is 20.9 Å². The largest absolute Gasteiger partial charge is 0.487 e. The maximum atomic E-state index is 11.2. The summed E-state index contributed by atoms with van der Waals surface area (Å²) in [7, 11) is 1.71. The number of para-hydroxylation sites is 1. The van der Waals surface area contributed by atoms with E-state index in [0.717, 1.165) is 5.56 Å². The zero-order valence-corrected chi connectivity index (χ0v) is 11.5. The Balaban J connectivity index is 1.98. The molecule has 3 aromatic rings. The number of fused-ring (bicyclic) bond motifs is 1. The second-order valence-electron chi connectivity index (χ2n) is 4.70. The number of hydrogen-bond donors (Lipinski definition) is 1. The molecular formula is C16H14N2O3. The zero-order chi connectivity index (χ0) is 14.8. The number of carboxylic acids is 1. The van der Waals surface area contributed by atoms with Gasteiger partial charge in [-0.2, -0.15) is 5.10 Å². The second kappa shape index (κ2) is 5.28. The van der Waals surface area contributed by atoms with E-state index in [2.05, 4.69) is 5.10 Å². The van der Waals surface area contributed by atoms with Crippen molar-refractivity contribution in [1.82, 2.24) is 9.78 Å². The molecule has 0 aliphatic heterocycles. The molecule has 0 aliphatic rings. The average molecular weight is 282 g/mol. The van der Waals surface area contributed by atoms with Gasteiger partial charge >= 0.3 is 5.97 Å². The Labute approximate surface area is 121 Å². The topological polar surface area (TPSA) is 64.4 Å². The highest BCUT2D eigenvalue weighted by Gasteiger charge is 2.17. The van der Waals surface area contributed by atoms with Crippen LogP contribution in [0.1, 0.15) is 16.1 Å². The van der Waals surface area contributed by atoms with Crippen molar-refractivity contribution < 1.29 is 14.6 Å². The summed E-state index contributed by atoms with van der Waals surface area (Å²) in [5, 5.41) is 13.8. The van der Waals surface area contributed by atoms with Crippen LogP contribution in [0.2, 0.25) is 0 Å². The van der Waals surface area contributed by atoms with Gasteiger partial charge in [-0.1, -0.05) is 42.5 Å². The molecule has 0 aliphatic carbocycles. The maximum absolute atomic E-state index is 11.2. The van der Waals surface area contributed by atoms with Crippen molar-refractivity contribution in [2.75, 3.05) is 0 Å². The van der Waals surface area contributed by atoms with E-state index in [9.17, 15) is 9.90 Å². The van der Waals surface area contributed by atoms with Gasteiger partial charge in [0.05, 0.1) is 0 Å². The fourth-order valence-electron chi connectivity index (χ4n) is 2.31. The minimum Gasteiger partial charge on any atom is -0.487 e. The first-order chi connectivity index (χ1) is 10.2. The molecule has 0 fully saturated rings. The molecule has 1 aromatic heterocycles. The van der Waals surface area contributed by atoms with Crippen LogP contribution in [0.4, 0.5) is 0 Å². The number of nitrogens with zero attached hydrogens (tertiary/aromatic N) is 2. The molecule has 0 amide bonds. The minimum atomic E-state index is -1.04. The van der Waals surface area contributed by atoms with E-state index >= 15 is 0 Å². The lowest BCUT2D eigenvalue weighted by molar-refractivity contribution is 0.0691. The first kappa shape index (κ1) is 13.2. The third kappa shape index (κ3) is 2.45. The monoisotopic (exact) mass is 282 g/mol. The Hall–Kier alpha value is -2.82. The van der Waals surface area contributed by atoms with Crippen molar-refractivity contribution in [2.45, 2.75) is 6.61 Å². The molecule has 0 saturated carbocycles. The number of hydrogen-bond acceptors (Lipinski definition) is 3. The highest BCUT2D eigenvalue weighted by Crippen LogP contribution is 2.28. The van der Waals surface area contributed by atoms with E-state index in [-0.39, 0.29) is 5.69 Å². The summed E-state index contributed by atoms with van der Waals surface area (Å²) in [6.07, 6.45) is 0. The van der Waals surface area contributed by atoms with E-state index in [0.29, 0.717) is 23.3 Å². The van der Waals surface area contributed by atoms with Gasteiger partial charge in [0.1, 0.15) is 17.9 Å². The third-order valence-corrected chi connectivity index (χ3v) is 3.27. The fourth-order valence-corrected chi connectivity index (χ4v) is 2.31. The van der Waals surface area contributed by atoms with Crippen LogP contribution in [0.25, 0.3) is 10.9 Å². The number of carbonyl (C=O) groups is 1. The van der Waals surface area contributed by atoms with Gasteiger partial charge in [-0.05, 0) is 11.6 Å². The highest BCUT2D eigenvalue weighted by molar-refractivity contribution is 6.02. The van der Waals surface area contributed by atoms with Gasteiger partial charge in [-0.3, -0.25) is 4.68 Å². The molecule has 1 N–H and O–H groups in total. The minimum absolute atomic E-state index is 0.0395. The predicted molar refractivity (Wildman–Crippen MR) is 78.4 cm³/mol. The number of ether oxygens (including phenoxy) is 1. The lowest BCUT2D eigenvalue weighted by atomic mass is 10.2. The van der Waals surface area contributed by atoms with Gasteiger partial charge in [-0.25, -0.2) is 4.79 Å². The van der Waals surface area contributed by atoms with E-state index in [1.807, 2.05) is 36.4 Å². The van der Waals surface area contributed by atoms with Crippen LogP contribution in [0, 0.1) is 0 Å². The number of aromatic nitrogens is 2. The highest BCUT2D eigenvalue weighted by atomic mass is 16.5. The Kier molecular flexibility index (Phi) is 3.31. The normalized spacial score (nSPS) is 10.7. The van der Waals surface area contributed by atoms with Crippen LogP contribution in [0.3, 0.4) is 0 Å². The Morgan fingerprint density at radius 3 is 2.67 bits per heavy atom. The molecule has 0 unspecified atom stereocenters. The smallest absolute Gasteiger partial charge is 0.357 e. The van der Waals surface area contributed by atoms with Gasteiger partial charge in [0.25, 0.3) is 0 Å². The van der Waals surface area contributed by atoms with Crippen molar-refractivity contribution in [2.24, 2.45) is 7.05 Å². The summed E-state index contributed by atoms with van der Waals surface area (Å²) in [6, 6.07) is 15.1. The summed E-state index contributed by atoms with van der Waals surface area (Å²) < 4.78 is 7.37. The summed E-state index contributed by atoms with van der Waals surface area (Å²) >= 11 is 0. The molecular weight excluding hydrogens is 268 g/mol. The first-order valence-corrected chi connectivity index (χ1v) is 6.52. The van der Waals surface area contributed by atoms with Gasteiger partial charge < -0.3 is 9.84 Å². The molecule has 0 bridgehead atoms. The molecule has 0 atom stereocenters. The van der Waals surface area contributed by atoms with Gasteiger partial charge in [0.2, 0.25) is 0 Å². The summed E-state index contributed by atoms with van der Waals surface area (Å²) in [4.78, 5) is 11.2. The number of aromatic carboxylic acids is 1. The van der Waals surface area contributed by atoms with Crippen LogP contribution < -0.4 is 4.74 Å². The van der Waals surface area contributed by atoms with E-state index in [4.69, 9.17) is 4.74 Å². The maximum Gasteiger partial charge on any atom is 0.357 e. The molecule has 0 radical (unpaired) electrons. The van der Waals surface area contributed by atoms with Crippen LogP contribution in [0.15, 0.2) is 48.5 Å². The summed E-state index contributed by atoms with van der Waals surface area (Å²) in [6.45, 7) is 0.424. The van der Waals surface area contributed by atoms with Crippen molar-refractivity contribution in [3.05, 3.63) is 59.8 Å². The number of rotatable bonds is 4. The molecule has 21 heavy (non-hydrogen) atoms. The molecule has 0 spiro atoms. The SMILES string of the molecule is Cn1nc(C(=O)O)c2cccc(OCc3ccccc3)c21. The Bertz CT molecular complexity index is 794. The summed E-state index contributed by atoms with van der Waals surface area (Å²) in [5.74, 6) is -0.417. The quantitative estimate of drug-likeness (QED) is 0.799. The lowest BCUT2D eigenvalue weighted by Gasteiger charge is -2.08. The molecule has 1 heterocycles. The first-order valence-electron chi connectivity index (χ1n) is 6.52. The van der Waals surface area contributed by atoms with Crippen molar-refractivity contribution in [3.8, 4) is 5.75 Å². The molecule has 3 rings (SSSR count). The number of aryl methyl sites for hydroxylation is 1. The van der Waals surface area contributed by atoms with Crippen LogP contribution in [-0.2, 0) is 13.7 Å². The van der Waals surface area contributed by atoms with Crippen molar-refractivity contribution >= 4 is 16.9 Å². The van der Waals surface area contributed by atoms with Crippen LogP contribution >= 0.6 is 0 Å². The van der Waals surface area contributed by atoms with Crippen molar-refractivity contribution in [1.29, 1.82) is 0 Å². The lowest BCUT2D eigenvalue weighted by Crippen LogP contribution is -1.99. The van der Waals surface area contributed by atoms with Gasteiger partial charge in [0.15, 0.2) is 5.69 Å². The van der Waals surface area contributed by atoms with E-state index < -0.39 is 5.97 Å². The van der Waals surface area contributed by atoms with Crippen molar-refractivity contribution in [3.63, 3.8) is 0 Å². The zero-order valence-electron chi connectivity index (χ0n) is 11.5. The molecule has 0 saturated heterocycles. The number of benzene rings is 2. The third-order valence-electron chi connectivity index (χ3n) is 3.27. The second-order valence-corrected chi connectivity index (χ2v) is 4.70. The standard InChI is InChI=1S/C16H14N2O3/c1-18-15-12(14(17-18)16(19)20)8-5-9-13(15)21-10-11-6-3-2-4-7-11/h2-9H,10H2,1H3,(H,19,20). The van der Waals surface area contributed by atoms with Gasteiger partial charge in [-0.15, -0.1) is 0 Å².